The van der Waals surface area contributed by atoms with E-state index in [0.717, 1.165) is 36.3 Å². The molecule has 0 bridgehead atoms. The van der Waals surface area contributed by atoms with Gasteiger partial charge in [0, 0.05) is 37.2 Å². The summed E-state index contributed by atoms with van der Waals surface area (Å²) in [6, 6.07) is 3.85. The zero-order valence-corrected chi connectivity index (χ0v) is 36.0. The summed E-state index contributed by atoms with van der Waals surface area (Å²) in [6.45, 7) is 12.7. The molecule has 16 heteroatoms. The predicted octanol–water partition coefficient (Wildman–Crippen LogP) is 5.46. The molecule has 1 aromatic carbocycles. The van der Waals surface area contributed by atoms with E-state index in [0.29, 0.717) is 30.7 Å². The fraction of sp³-hybridized carbons (Fsp3) is 0.643. The van der Waals surface area contributed by atoms with E-state index < -0.39 is 59.9 Å². The molecule has 0 saturated carbocycles. The SMILES string of the molecule is CCCC(=O)OCN(C(=O)[C@H](NC(=O)[C@H]1CCCCN1C)[C@H](C)CC)[C@H](C[C@H](OC(C)=O)c1nc(C(=O)N[C@@H](Cc2ccc(O)cc2)C[C@@H](C)C(=O)O)cs1)C(C)C. The summed E-state index contributed by atoms with van der Waals surface area (Å²) >= 11 is 1.10. The number of rotatable bonds is 22. The van der Waals surface area contributed by atoms with Crippen molar-refractivity contribution in [3.8, 4) is 5.75 Å². The molecule has 1 aliphatic heterocycles. The number of hydrogen-bond donors (Lipinski definition) is 4. The fourth-order valence-corrected chi connectivity index (χ4v) is 7.91. The minimum atomic E-state index is -1.01. The van der Waals surface area contributed by atoms with Crippen molar-refractivity contribution in [3.63, 3.8) is 0 Å². The van der Waals surface area contributed by atoms with Crippen molar-refractivity contribution in [2.45, 2.75) is 137 Å². The van der Waals surface area contributed by atoms with Crippen LogP contribution in [0.5, 0.6) is 5.75 Å². The second-order valence-electron chi connectivity index (χ2n) is 15.8. The van der Waals surface area contributed by atoms with Crippen LogP contribution in [-0.2, 0) is 39.9 Å². The van der Waals surface area contributed by atoms with Gasteiger partial charge in [-0.05, 0) is 75.2 Å². The molecule has 2 heterocycles. The molecule has 1 fully saturated rings. The van der Waals surface area contributed by atoms with Crippen molar-refractivity contribution in [3.05, 3.63) is 45.9 Å². The second kappa shape index (κ2) is 23.1. The van der Waals surface area contributed by atoms with Crippen LogP contribution in [0.3, 0.4) is 0 Å². The molecule has 0 unspecified atom stereocenters. The molecule has 58 heavy (non-hydrogen) atoms. The molecular weight excluding hydrogens is 767 g/mol. The van der Waals surface area contributed by atoms with Crippen molar-refractivity contribution in [2.24, 2.45) is 17.8 Å². The molecule has 15 nitrogen and oxygen atoms in total. The fourth-order valence-electron chi connectivity index (χ4n) is 7.07. The number of piperidine rings is 1. The van der Waals surface area contributed by atoms with Crippen molar-refractivity contribution < 1.29 is 48.5 Å². The van der Waals surface area contributed by atoms with Crippen LogP contribution in [0.15, 0.2) is 29.6 Å². The number of ether oxygens (including phenoxy) is 2. The van der Waals surface area contributed by atoms with Gasteiger partial charge in [-0.25, -0.2) is 4.98 Å². The van der Waals surface area contributed by atoms with E-state index in [1.165, 1.54) is 29.3 Å². The van der Waals surface area contributed by atoms with Crippen molar-refractivity contribution in [1.82, 2.24) is 25.4 Å². The number of aromatic hydroxyl groups is 1. The van der Waals surface area contributed by atoms with Gasteiger partial charge >= 0.3 is 17.9 Å². The first-order valence-electron chi connectivity index (χ1n) is 20.4. The summed E-state index contributed by atoms with van der Waals surface area (Å²) in [4.78, 5) is 87.0. The number of amides is 3. The van der Waals surface area contributed by atoms with Gasteiger partial charge in [0.25, 0.3) is 5.91 Å². The summed E-state index contributed by atoms with van der Waals surface area (Å²) in [5, 5.41) is 27.1. The lowest BCUT2D eigenvalue weighted by molar-refractivity contribution is -0.160. The predicted molar refractivity (Wildman–Crippen MR) is 219 cm³/mol. The van der Waals surface area contributed by atoms with Gasteiger partial charge in [-0.2, -0.15) is 0 Å². The molecule has 1 aromatic heterocycles. The Hall–Kier alpha value is -4.57. The molecule has 1 saturated heterocycles. The van der Waals surface area contributed by atoms with Crippen LogP contribution in [0, 0.1) is 17.8 Å². The van der Waals surface area contributed by atoms with Gasteiger partial charge in [0.1, 0.15) is 22.5 Å². The Kier molecular flexibility index (Phi) is 19.1. The zero-order chi connectivity index (χ0) is 43.1. The number of carboxylic acids is 1. The van der Waals surface area contributed by atoms with E-state index in [-0.39, 0.29) is 61.2 Å². The third-order valence-corrected chi connectivity index (χ3v) is 11.7. The zero-order valence-electron chi connectivity index (χ0n) is 35.2. The molecule has 2 aromatic rings. The Morgan fingerprint density at radius 2 is 1.71 bits per heavy atom. The van der Waals surface area contributed by atoms with Crippen LogP contribution in [0.25, 0.3) is 0 Å². The van der Waals surface area contributed by atoms with E-state index in [1.807, 2.05) is 46.6 Å². The number of likely N-dealkylation sites (tertiary alicyclic amines) is 1. The topological polar surface area (TPSA) is 205 Å². The third-order valence-electron chi connectivity index (χ3n) is 10.7. The highest BCUT2D eigenvalue weighted by atomic mass is 32.1. The molecule has 3 rings (SSSR count). The minimum Gasteiger partial charge on any atom is -0.508 e. The normalized spacial score (nSPS) is 17.6. The minimum absolute atomic E-state index is 0.0330. The van der Waals surface area contributed by atoms with Crippen LogP contribution in [0.4, 0.5) is 0 Å². The van der Waals surface area contributed by atoms with E-state index >= 15 is 0 Å². The van der Waals surface area contributed by atoms with Crippen LogP contribution in [0.1, 0.15) is 127 Å². The molecule has 4 N–H and O–H groups in total. The number of aliphatic carboxylic acids is 1. The van der Waals surface area contributed by atoms with Crippen LogP contribution >= 0.6 is 11.3 Å². The number of aromatic nitrogens is 1. The molecule has 0 radical (unpaired) electrons. The van der Waals surface area contributed by atoms with Crippen LogP contribution < -0.4 is 10.6 Å². The Balaban J connectivity index is 1.95. The van der Waals surface area contributed by atoms with Gasteiger partial charge in [-0.15, -0.1) is 11.3 Å². The number of nitrogens with zero attached hydrogens (tertiary/aromatic N) is 3. The first-order chi connectivity index (χ1) is 27.4. The van der Waals surface area contributed by atoms with E-state index in [1.54, 1.807) is 19.1 Å². The van der Waals surface area contributed by atoms with Gasteiger partial charge < -0.3 is 35.2 Å². The van der Waals surface area contributed by atoms with Crippen molar-refractivity contribution >= 4 is 47.0 Å². The summed E-state index contributed by atoms with van der Waals surface area (Å²) in [5.41, 5.74) is 0.816. The van der Waals surface area contributed by atoms with Gasteiger partial charge in [-0.3, -0.25) is 33.7 Å². The monoisotopic (exact) mass is 829 g/mol. The van der Waals surface area contributed by atoms with Gasteiger partial charge in [-0.1, -0.05) is 66.5 Å². The molecule has 322 valence electrons. The standard InChI is InChI=1S/C42H63N5O10S/c1-9-13-36(50)56-24-47(41(53)37(26(5)10-2)45-39(52)33-14-11-12-19-46(33)8)34(25(3)4)22-35(57-28(7)48)40-44-32(23-58-40)38(51)43-30(20-27(6)42(54)55)21-29-15-17-31(49)18-16-29/h15-18,23,25-27,30,33-35,37,49H,9-14,19-22,24H2,1-8H3,(H,43,51)(H,45,52)(H,54,55)/t26-,27-,30-,33-,34-,35+,37-/m1/s1. The average molecular weight is 830 g/mol. The number of carbonyl (C=O) groups excluding carboxylic acids is 5. The number of phenolic OH excluding ortho intramolecular Hbond substituents is 1. The largest absolute Gasteiger partial charge is 0.508 e. The van der Waals surface area contributed by atoms with Crippen LogP contribution in [0.2, 0.25) is 0 Å². The number of carboxylic acid groups (broad SMARTS) is 1. The Bertz CT molecular complexity index is 1680. The number of hydrogen-bond acceptors (Lipinski definition) is 12. The number of benzene rings is 1. The van der Waals surface area contributed by atoms with Gasteiger partial charge in [0.05, 0.1) is 12.0 Å². The van der Waals surface area contributed by atoms with Gasteiger partial charge in [0.2, 0.25) is 11.8 Å². The number of esters is 2. The second-order valence-corrected chi connectivity index (χ2v) is 16.7. The molecule has 3 amide bonds. The summed E-state index contributed by atoms with van der Waals surface area (Å²) in [5.74, 6) is -4.54. The number of thiazole rings is 1. The first-order valence-corrected chi connectivity index (χ1v) is 21.2. The van der Waals surface area contributed by atoms with Crippen molar-refractivity contribution in [1.29, 1.82) is 0 Å². The third kappa shape index (κ3) is 14.4. The van der Waals surface area contributed by atoms with E-state index in [2.05, 4.69) is 15.6 Å². The Morgan fingerprint density at radius 1 is 1.02 bits per heavy atom. The lowest BCUT2D eigenvalue weighted by Crippen LogP contribution is -2.59. The molecule has 0 spiro atoms. The Morgan fingerprint density at radius 3 is 2.29 bits per heavy atom. The van der Waals surface area contributed by atoms with E-state index in [9.17, 15) is 39.0 Å². The maximum atomic E-state index is 14.7. The Labute approximate surface area is 346 Å². The maximum Gasteiger partial charge on any atom is 0.307 e. The van der Waals surface area contributed by atoms with Gasteiger partial charge in [0.15, 0.2) is 12.8 Å². The lowest BCUT2D eigenvalue weighted by Gasteiger charge is -2.39. The number of phenols is 1. The maximum absolute atomic E-state index is 14.7. The summed E-state index contributed by atoms with van der Waals surface area (Å²) < 4.78 is 11.5. The highest BCUT2D eigenvalue weighted by molar-refractivity contribution is 7.09. The number of carbonyl (C=O) groups is 6. The average Bonchev–Trinajstić information content (AvgIpc) is 3.67. The van der Waals surface area contributed by atoms with Crippen LogP contribution in [-0.4, -0.2) is 105 Å². The number of nitrogens with one attached hydrogen (secondary N) is 2. The molecule has 0 aliphatic carbocycles. The molecular formula is C42H63N5O10S. The van der Waals surface area contributed by atoms with Crippen molar-refractivity contribution in [2.75, 3.05) is 20.3 Å². The molecule has 7 atom stereocenters. The lowest BCUT2D eigenvalue weighted by atomic mass is 9.92. The first kappa shape index (κ1) is 47.8. The summed E-state index contributed by atoms with van der Waals surface area (Å²) in [6.07, 6.45) is 3.31. The number of likely N-dealkylation sites (N-methyl/N-ethyl adjacent to an activating group) is 1. The highest BCUT2D eigenvalue weighted by Crippen LogP contribution is 2.32. The smallest absolute Gasteiger partial charge is 0.307 e. The van der Waals surface area contributed by atoms with E-state index in [4.69, 9.17) is 9.47 Å². The molecule has 1 aliphatic rings. The summed E-state index contributed by atoms with van der Waals surface area (Å²) in [7, 11) is 1.90. The highest BCUT2D eigenvalue weighted by Gasteiger charge is 2.39. The quantitative estimate of drug-likeness (QED) is 0.0863.